The van der Waals surface area contributed by atoms with Gasteiger partial charge in [0, 0.05) is 18.0 Å². The number of unbranched alkanes of at least 4 members (excludes halogenated alkanes) is 1. The maximum Gasteiger partial charge on any atom is 0.303 e. The number of carboxylic acid groups (broad SMARTS) is 1. The molecule has 5 heteroatoms. The summed E-state index contributed by atoms with van der Waals surface area (Å²) in [5.41, 5.74) is 0.821. The molecule has 0 aliphatic heterocycles. The number of carboxylic acids is 1. The van der Waals surface area contributed by atoms with E-state index in [1.54, 1.807) is 12.1 Å². The SMILES string of the molecule is O=C(O)CCCCNc1ccc(Cl)cc1Cl. The molecule has 16 heavy (non-hydrogen) atoms. The summed E-state index contributed by atoms with van der Waals surface area (Å²) >= 11 is 11.7. The Bertz CT molecular complexity index is 369. The molecule has 3 nitrogen and oxygen atoms in total. The molecule has 0 aliphatic rings. The summed E-state index contributed by atoms with van der Waals surface area (Å²) in [7, 11) is 0. The highest BCUT2D eigenvalue weighted by Crippen LogP contribution is 2.25. The van der Waals surface area contributed by atoms with E-state index < -0.39 is 5.97 Å². The molecule has 0 aromatic heterocycles. The predicted molar refractivity (Wildman–Crippen MR) is 66.4 cm³/mol. The number of hydrogen-bond donors (Lipinski definition) is 2. The number of benzene rings is 1. The quantitative estimate of drug-likeness (QED) is 0.769. The maximum atomic E-state index is 10.3. The van der Waals surface area contributed by atoms with E-state index in [0.29, 0.717) is 23.0 Å². The topological polar surface area (TPSA) is 49.3 Å². The van der Waals surface area contributed by atoms with E-state index in [2.05, 4.69) is 5.32 Å². The Balaban J connectivity index is 2.29. The van der Waals surface area contributed by atoms with Gasteiger partial charge in [-0.1, -0.05) is 23.2 Å². The zero-order chi connectivity index (χ0) is 12.0. The van der Waals surface area contributed by atoms with Crippen molar-refractivity contribution >= 4 is 34.9 Å². The summed E-state index contributed by atoms with van der Waals surface area (Å²) in [5, 5.41) is 12.8. The molecule has 0 atom stereocenters. The lowest BCUT2D eigenvalue weighted by atomic mass is 10.2. The van der Waals surface area contributed by atoms with Crippen LogP contribution in [0.15, 0.2) is 18.2 Å². The third kappa shape index (κ3) is 4.73. The maximum absolute atomic E-state index is 10.3. The fourth-order valence-corrected chi connectivity index (χ4v) is 1.73. The number of anilines is 1. The van der Waals surface area contributed by atoms with Crippen LogP contribution in [-0.2, 0) is 4.79 Å². The standard InChI is InChI=1S/C11H13Cl2NO2/c12-8-4-5-10(9(13)7-8)14-6-2-1-3-11(15)16/h4-5,7,14H,1-3,6H2,(H,15,16). The molecule has 0 radical (unpaired) electrons. The van der Waals surface area contributed by atoms with Crippen molar-refractivity contribution in [1.82, 2.24) is 0 Å². The molecule has 0 amide bonds. The number of halogens is 2. The van der Waals surface area contributed by atoms with Crippen LogP contribution >= 0.6 is 23.2 Å². The normalized spacial score (nSPS) is 10.1. The lowest BCUT2D eigenvalue weighted by molar-refractivity contribution is -0.137. The Morgan fingerprint density at radius 1 is 1.31 bits per heavy atom. The fraction of sp³-hybridized carbons (Fsp3) is 0.364. The molecule has 0 saturated heterocycles. The summed E-state index contributed by atoms with van der Waals surface area (Å²) in [4.78, 5) is 10.3. The Labute approximate surface area is 104 Å². The summed E-state index contributed by atoms with van der Waals surface area (Å²) in [6, 6.07) is 5.23. The number of carbonyl (C=O) groups is 1. The zero-order valence-electron chi connectivity index (χ0n) is 8.67. The van der Waals surface area contributed by atoms with Crippen molar-refractivity contribution in [2.24, 2.45) is 0 Å². The van der Waals surface area contributed by atoms with Crippen LogP contribution in [0, 0.1) is 0 Å². The molecule has 2 N–H and O–H groups in total. The average Bonchev–Trinajstić information content (AvgIpc) is 2.20. The highest BCUT2D eigenvalue weighted by atomic mass is 35.5. The van der Waals surface area contributed by atoms with Gasteiger partial charge in [-0.15, -0.1) is 0 Å². The van der Waals surface area contributed by atoms with E-state index in [0.717, 1.165) is 12.1 Å². The molecule has 0 unspecified atom stereocenters. The monoisotopic (exact) mass is 261 g/mol. The van der Waals surface area contributed by atoms with Crippen molar-refractivity contribution in [1.29, 1.82) is 0 Å². The van der Waals surface area contributed by atoms with Gasteiger partial charge in [0.25, 0.3) is 0 Å². The van der Waals surface area contributed by atoms with Gasteiger partial charge in [0.05, 0.1) is 10.7 Å². The number of nitrogens with one attached hydrogen (secondary N) is 1. The molecule has 0 bridgehead atoms. The minimum atomic E-state index is -0.760. The molecule has 88 valence electrons. The second-order valence-corrected chi connectivity index (χ2v) is 4.25. The molecule has 0 heterocycles. The number of hydrogen-bond acceptors (Lipinski definition) is 2. The largest absolute Gasteiger partial charge is 0.481 e. The first-order valence-corrected chi connectivity index (χ1v) is 5.76. The summed E-state index contributed by atoms with van der Waals surface area (Å²) in [6.45, 7) is 0.703. The van der Waals surface area contributed by atoms with Gasteiger partial charge in [0.2, 0.25) is 0 Å². The second-order valence-electron chi connectivity index (χ2n) is 3.40. The molecule has 0 saturated carbocycles. The van der Waals surface area contributed by atoms with Gasteiger partial charge in [0.15, 0.2) is 0 Å². The van der Waals surface area contributed by atoms with Crippen molar-refractivity contribution < 1.29 is 9.90 Å². The zero-order valence-corrected chi connectivity index (χ0v) is 10.2. The van der Waals surface area contributed by atoms with Gasteiger partial charge in [-0.2, -0.15) is 0 Å². The van der Waals surface area contributed by atoms with Gasteiger partial charge in [-0.3, -0.25) is 4.79 Å². The van der Waals surface area contributed by atoms with E-state index in [4.69, 9.17) is 28.3 Å². The highest BCUT2D eigenvalue weighted by Gasteiger charge is 2.00. The Morgan fingerprint density at radius 2 is 2.06 bits per heavy atom. The van der Waals surface area contributed by atoms with Crippen LogP contribution in [0.2, 0.25) is 10.0 Å². The van der Waals surface area contributed by atoms with Gasteiger partial charge in [-0.25, -0.2) is 0 Å². The summed E-state index contributed by atoms with van der Waals surface area (Å²) in [5.74, 6) is -0.760. The van der Waals surface area contributed by atoms with Crippen LogP contribution in [0.3, 0.4) is 0 Å². The lowest BCUT2D eigenvalue weighted by Gasteiger charge is -2.07. The Morgan fingerprint density at radius 3 is 2.69 bits per heavy atom. The van der Waals surface area contributed by atoms with Crippen molar-refractivity contribution in [3.05, 3.63) is 28.2 Å². The molecule has 1 aromatic carbocycles. The van der Waals surface area contributed by atoms with Crippen LogP contribution in [0.25, 0.3) is 0 Å². The van der Waals surface area contributed by atoms with Crippen molar-refractivity contribution in [2.45, 2.75) is 19.3 Å². The van der Waals surface area contributed by atoms with Crippen LogP contribution in [0.4, 0.5) is 5.69 Å². The molecule has 1 rings (SSSR count). The Kier molecular flexibility index (Phi) is 5.43. The minimum absolute atomic E-state index is 0.204. The number of aliphatic carboxylic acids is 1. The third-order valence-corrected chi connectivity index (χ3v) is 2.61. The molecule has 0 fully saturated rings. The fourth-order valence-electron chi connectivity index (χ4n) is 1.26. The predicted octanol–water partition coefficient (Wildman–Crippen LogP) is 3.66. The van der Waals surface area contributed by atoms with E-state index in [1.807, 2.05) is 6.07 Å². The lowest BCUT2D eigenvalue weighted by Crippen LogP contribution is -2.03. The van der Waals surface area contributed by atoms with Crippen molar-refractivity contribution in [2.75, 3.05) is 11.9 Å². The van der Waals surface area contributed by atoms with Crippen LogP contribution < -0.4 is 5.32 Å². The van der Waals surface area contributed by atoms with Gasteiger partial charge in [-0.05, 0) is 31.0 Å². The first-order chi connectivity index (χ1) is 7.59. The van der Waals surface area contributed by atoms with E-state index in [-0.39, 0.29) is 6.42 Å². The molecule has 1 aromatic rings. The van der Waals surface area contributed by atoms with Gasteiger partial charge >= 0.3 is 5.97 Å². The second kappa shape index (κ2) is 6.61. The summed E-state index contributed by atoms with van der Waals surface area (Å²) in [6.07, 6.45) is 1.66. The Hall–Kier alpha value is -0.930. The van der Waals surface area contributed by atoms with E-state index >= 15 is 0 Å². The van der Waals surface area contributed by atoms with Gasteiger partial charge < -0.3 is 10.4 Å². The van der Waals surface area contributed by atoms with Crippen molar-refractivity contribution in [3.63, 3.8) is 0 Å². The first kappa shape index (κ1) is 13.1. The summed E-state index contributed by atoms with van der Waals surface area (Å²) < 4.78 is 0. The van der Waals surface area contributed by atoms with E-state index in [1.165, 1.54) is 0 Å². The van der Waals surface area contributed by atoms with E-state index in [9.17, 15) is 4.79 Å². The van der Waals surface area contributed by atoms with Crippen LogP contribution in [0.1, 0.15) is 19.3 Å². The smallest absolute Gasteiger partial charge is 0.303 e. The molecular formula is C11H13Cl2NO2. The van der Waals surface area contributed by atoms with Crippen molar-refractivity contribution in [3.8, 4) is 0 Å². The van der Waals surface area contributed by atoms with Crippen LogP contribution in [0.5, 0.6) is 0 Å². The molecule has 0 spiro atoms. The average molecular weight is 262 g/mol. The molecular weight excluding hydrogens is 249 g/mol. The third-order valence-electron chi connectivity index (χ3n) is 2.06. The van der Waals surface area contributed by atoms with Crippen LogP contribution in [-0.4, -0.2) is 17.6 Å². The van der Waals surface area contributed by atoms with Gasteiger partial charge in [0.1, 0.15) is 0 Å². The number of rotatable bonds is 6. The minimum Gasteiger partial charge on any atom is -0.481 e. The molecule has 0 aliphatic carbocycles. The highest BCUT2D eigenvalue weighted by molar-refractivity contribution is 6.36. The first-order valence-electron chi connectivity index (χ1n) is 5.00.